The Morgan fingerprint density at radius 3 is 2.59 bits per heavy atom. The summed E-state index contributed by atoms with van der Waals surface area (Å²) in [5.41, 5.74) is 1.38. The summed E-state index contributed by atoms with van der Waals surface area (Å²) in [6.07, 6.45) is 1.47. The molecule has 1 atom stereocenters. The topological polar surface area (TPSA) is 57.6 Å². The molecule has 1 aliphatic heterocycles. The van der Waals surface area contributed by atoms with E-state index in [1.807, 2.05) is 12.1 Å². The minimum absolute atomic E-state index is 0.203. The van der Waals surface area contributed by atoms with Crippen molar-refractivity contribution in [1.29, 1.82) is 0 Å². The fourth-order valence-electron chi connectivity index (χ4n) is 2.32. The number of hydrogen-bond acceptors (Lipinski definition) is 3. The molecule has 1 aliphatic carbocycles. The molecule has 1 fully saturated rings. The molecule has 0 bridgehead atoms. The third-order valence-corrected chi connectivity index (χ3v) is 5.73. The number of anilines is 1. The van der Waals surface area contributed by atoms with Crippen LogP contribution in [0.3, 0.4) is 0 Å². The molecule has 3 rings (SSSR count). The van der Waals surface area contributed by atoms with Crippen LogP contribution in [0.1, 0.15) is 30.9 Å². The number of hydrogen-bond donors (Lipinski definition) is 1. The highest BCUT2D eigenvalue weighted by molar-refractivity contribution is 7.93. The summed E-state index contributed by atoms with van der Waals surface area (Å²) in [6.45, 7) is 0.386. The van der Waals surface area contributed by atoms with Gasteiger partial charge in [0.05, 0.1) is 17.0 Å². The summed E-state index contributed by atoms with van der Waals surface area (Å²) >= 11 is 0. The van der Waals surface area contributed by atoms with Gasteiger partial charge in [-0.05, 0) is 25.3 Å². The summed E-state index contributed by atoms with van der Waals surface area (Å²) in [4.78, 5) is 0. The first-order valence-electron chi connectivity index (χ1n) is 5.89. The smallest absolute Gasteiger partial charge is 0.238 e. The van der Waals surface area contributed by atoms with E-state index >= 15 is 0 Å². The Hall–Kier alpha value is -1.07. The first kappa shape index (κ1) is 11.0. The molecule has 4 nitrogen and oxygen atoms in total. The molecule has 17 heavy (non-hydrogen) atoms. The standard InChI is InChI=1S/C12H15NO3S/c14-12-7-8-13(17(15,16)9-5-6-9)11-4-2-1-3-10(11)12/h1-4,9,12,14H,5-8H2. The molecule has 1 unspecified atom stereocenters. The van der Waals surface area contributed by atoms with Gasteiger partial charge in [0.25, 0.3) is 0 Å². The van der Waals surface area contributed by atoms with E-state index in [1.165, 1.54) is 4.31 Å². The number of aliphatic hydroxyl groups is 1. The average molecular weight is 253 g/mol. The van der Waals surface area contributed by atoms with Gasteiger partial charge in [0.1, 0.15) is 0 Å². The molecule has 0 aromatic heterocycles. The largest absolute Gasteiger partial charge is 0.388 e. The molecule has 92 valence electrons. The average Bonchev–Trinajstić information content (AvgIpc) is 3.13. The summed E-state index contributed by atoms with van der Waals surface area (Å²) in [6, 6.07) is 7.22. The van der Waals surface area contributed by atoms with Crippen molar-refractivity contribution in [3.05, 3.63) is 29.8 Å². The second-order valence-corrected chi connectivity index (χ2v) is 6.82. The maximum Gasteiger partial charge on any atom is 0.238 e. The Morgan fingerprint density at radius 2 is 1.88 bits per heavy atom. The zero-order valence-electron chi connectivity index (χ0n) is 9.41. The molecule has 0 amide bonds. The number of rotatable bonds is 2. The molecule has 1 aromatic carbocycles. The lowest BCUT2D eigenvalue weighted by Gasteiger charge is -2.32. The minimum atomic E-state index is -3.20. The van der Waals surface area contributed by atoms with E-state index in [4.69, 9.17) is 0 Å². The second kappa shape index (κ2) is 3.71. The van der Waals surface area contributed by atoms with Gasteiger partial charge in [-0.3, -0.25) is 4.31 Å². The maximum atomic E-state index is 12.3. The van der Waals surface area contributed by atoms with Crippen molar-refractivity contribution in [3.63, 3.8) is 0 Å². The van der Waals surface area contributed by atoms with Crippen LogP contribution in [0.4, 0.5) is 5.69 Å². The van der Waals surface area contributed by atoms with Gasteiger partial charge in [-0.15, -0.1) is 0 Å². The lowest BCUT2D eigenvalue weighted by atomic mass is 10.0. The van der Waals surface area contributed by atoms with Gasteiger partial charge in [0, 0.05) is 12.1 Å². The minimum Gasteiger partial charge on any atom is -0.388 e. The highest BCUT2D eigenvalue weighted by atomic mass is 32.2. The van der Waals surface area contributed by atoms with Crippen LogP contribution in [0.25, 0.3) is 0 Å². The molecule has 1 N–H and O–H groups in total. The van der Waals surface area contributed by atoms with Crippen LogP contribution in [0.2, 0.25) is 0 Å². The predicted octanol–water partition coefficient (Wildman–Crippen LogP) is 1.42. The molecule has 1 saturated carbocycles. The van der Waals surface area contributed by atoms with Crippen molar-refractivity contribution in [2.75, 3.05) is 10.8 Å². The van der Waals surface area contributed by atoms with Gasteiger partial charge < -0.3 is 5.11 Å². The summed E-state index contributed by atoms with van der Waals surface area (Å²) in [5.74, 6) is 0. The Balaban J connectivity index is 2.06. The van der Waals surface area contributed by atoms with Gasteiger partial charge in [-0.2, -0.15) is 0 Å². The van der Waals surface area contributed by atoms with Crippen LogP contribution >= 0.6 is 0 Å². The van der Waals surface area contributed by atoms with Crippen molar-refractivity contribution >= 4 is 15.7 Å². The fourth-order valence-corrected chi connectivity index (χ4v) is 4.21. The number of sulfonamides is 1. The van der Waals surface area contributed by atoms with Crippen molar-refractivity contribution in [2.24, 2.45) is 0 Å². The Kier molecular flexibility index (Phi) is 2.41. The van der Waals surface area contributed by atoms with E-state index in [1.54, 1.807) is 12.1 Å². The lowest BCUT2D eigenvalue weighted by molar-refractivity contribution is 0.166. The maximum absolute atomic E-state index is 12.3. The summed E-state index contributed by atoms with van der Waals surface area (Å²) in [7, 11) is -3.20. The molecule has 0 spiro atoms. The van der Waals surface area contributed by atoms with E-state index in [0.717, 1.165) is 18.4 Å². The van der Waals surface area contributed by atoms with E-state index in [9.17, 15) is 13.5 Å². The SMILES string of the molecule is O=S(=O)(C1CC1)N1CCC(O)c2ccccc21. The van der Waals surface area contributed by atoms with Crippen molar-refractivity contribution in [1.82, 2.24) is 0 Å². The first-order valence-corrected chi connectivity index (χ1v) is 7.39. The summed E-state index contributed by atoms with van der Waals surface area (Å²) in [5, 5.41) is 9.67. The Bertz CT molecular complexity index is 536. The third-order valence-electron chi connectivity index (χ3n) is 3.42. The van der Waals surface area contributed by atoms with Crippen LogP contribution in [-0.4, -0.2) is 25.3 Å². The molecule has 2 aliphatic rings. The van der Waals surface area contributed by atoms with Crippen LogP contribution in [0.15, 0.2) is 24.3 Å². The first-order chi connectivity index (χ1) is 8.10. The number of para-hydroxylation sites is 1. The highest BCUT2D eigenvalue weighted by Gasteiger charge is 2.42. The zero-order chi connectivity index (χ0) is 12.0. The van der Waals surface area contributed by atoms with Gasteiger partial charge in [-0.1, -0.05) is 18.2 Å². The number of nitrogens with zero attached hydrogens (tertiary/aromatic N) is 1. The highest BCUT2D eigenvalue weighted by Crippen LogP contribution is 2.39. The van der Waals surface area contributed by atoms with Crippen LogP contribution in [0.5, 0.6) is 0 Å². The van der Waals surface area contributed by atoms with Crippen LogP contribution < -0.4 is 4.31 Å². The van der Waals surface area contributed by atoms with Gasteiger partial charge >= 0.3 is 0 Å². The van der Waals surface area contributed by atoms with Crippen molar-refractivity contribution < 1.29 is 13.5 Å². The van der Waals surface area contributed by atoms with Crippen molar-refractivity contribution in [2.45, 2.75) is 30.6 Å². The van der Waals surface area contributed by atoms with E-state index < -0.39 is 16.1 Å². The second-order valence-electron chi connectivity index (χ2n) is 4.68. The van der Waals surface area contributed by atoms with Gasteiger partial charge in [0.15, 0.2) is 0 Å². The molecule has 0 saturated heterocycles. The van der Waals surface area contributed by atoms with Crippen LogP contribution in [0, 0.1) is 0 Å². The normalized spacial score (nSPS) is 24.5. The number of benzene rings is 1. The molecular formula is C12H15NO3S. The monoisotopic (exact) mass is 253 g/mol. The predicted molar refractivity (Wildman–Crippen MR) is 65.3 cm³/mol. The molecule has 1 heterocycles. The van der Waals surface area contributed by atoms with E-state index in [0.29, 0.717) is 18.7 Å². The van der Waals surface area contributed by atoms with E-state index in [-0.39, 0.29) is 5.25 Å². The zero-order valence-corrected chi connectivity index (χ0v) is 10.2. The van der Waals surface area contributed by atoms with E-state index in [2.05, 4.69) is 0 Å². The Morgan fingerprint density at radius 1 is 1.18 bits per heavy atom. The lowest BCUT2D eigenvalue weighted by Crippen LogP contribution is -2.38. The Labute approximate surface area is 101 Å². The molecule has 0 radical (unpaired) electrons. The summed E-state index contributed by atoms with van der Waals surface area (Å²) < 4.78 is 26.0. The number of fused-ring (bicyclic) bond motifs is 1. The van der Waals surface area contributed by atoms with Crippen LogP contribution in [-0.2, 0) is 10.0 Å². The quantitative estimate of drug-likeness (QED) is 0.867. The van der Waals surface area contributed by atoms with Gasteiger partial charge in [-0.25, -0.2) is 8.42 Å². The fraction of sp³-hybridized carbons (Fsp3) is 0.500. The van der Waals surface area contributed by atoms with Crippen molar-refractivity contribution in [3.8, 4) is 0 Å². The molecule has 1 aromatic rings. The van der Waals surface area contributed by atoms with Gasteiger partial charge in [0.2, 0.25) is 10.0 Å². The molecule has 5 heteroatoms. The number of aliphatic hydroxyl groups excluding tert-OH is 1. The third kappa shape index (κ3) is 1.73. The molecular weight excluding hydrogens is 238 g/mol.